The molecule has 0 bridgehead atoms. The fourth-order valence-corrected chi connectivity index (χ4v) is 1.33. The Morgan fingerprint density at radius 1 is 1.14 bits per heavy atom. The summed E-state index contributed by atoms with van der Waals surface area (Å²) < 4.78 is 9.74. The third kappa shape index (κ3) is 6.42. The zero-order chi connectivity index (χ0) is 16.0. The van der Waals surface area contributed by atoms with Crippen LogP contribution in [0.15, 0.2) is 24.3 Å². The summed E-state index contributed by atoms with van der Waals surface area (Å²) in [4.78, 5) is 33.6. The molecule has 0 aromatic heterocycles. The predicted molar refractivity (Wildman–Crippen MR) is 75.8 cm³/mol. The van der Waals surface area contributed by atoms with Crippen LogP contribution in [0.3, 0.4) is 0 Å². The van der Waals surface area contributed by atoms with Crippen molar-refractivity contribution in [2.75, 3.05) is 11.9 Å². The van der Waals surface area contributed by atoms with E-state index in [-0.39, 0.29) is 5.56 Å². The number of amides is 2. The van der Waals surface area contributed by atoms with E-state index in [0.29, 0.717) is 5.69 Å². The van der Waals surface area contributed by atoms with Crippen LogP contribution >= 0.6 is 0 Å². The fourth-order valence-electron chi connectivity index (χ4n) is 1.33. The van der Waals surface area contributed by atoms with E-state index in [1.165, 1.54) is 24.3 Å². The molecule has 7 heteroatoms. The number of hydrogen-bond donors (Lipinski definition) is 2. The summed E-state index contributed by atoms with van der Waals surface area (Å²) >= 11 is 0. The quantitative estimate of drug-likeness (QED) is 0.821. The molecule has 0 atom stereocenters. The molecule has 0 saturated heterocycles. The Hall–Kier alpha value is -2.57. The molecule has 0 spiro atoms. The van der Waals surface area contributed by atoms with Gasteiger partial charge in [0, 0.05) is 5.69 Å². The Morgan fingerprint density at radius 2 is 1.71 bits per heavy atom. The minimum Gasteiger partial charge on any atom is -0.452 e. The van der Waals surface area contributed by atoms with Crippen LogP contribution in [0, 0.1) is 0 Å². The van der Waals surface area contributed by atoms with Crippen molar-refractivity contribution >= 4 is 23.7 Å². The highest BCUT2D eigenvalue weighted by Crippen LogP contribution is 2.13. The van der Waals surface area contributed by atoms with E-state index in [9.17, 15) is 14.4 Å². The molecule has 0 saturated carbocycles. The summed E-state index contributed by atoms with van der Waals surface area (Å²) in [5.74, 6) is -1.40. The molecule has 0 aliphatic heterocycles. The normalized spacial score (nSPS) is 10.6. The molecule has 7 nitrogen and oxygen atoms in total. The van der Waals surface area contributed by atoms with Gasteiger partial charge in [0.05, 0.1) is 5.56 Å². The Balaban J connectivity index is 2.60. The van der Waals surface area contributed by atoms with Crippen molar-refractivity contribution in [2.45, 2.75) is 26.4 Å². The number of nitrogens with one attached hydrogen (secondary N) is 1. The van der Waals surface area contributed by atoms with Crippen molar-refractivity contribution in [3.8, 4) is 0 Å². The maximum absolute atomic E-state index is 11.5. The van der Waals surface area contributed by atoms with Crippen LogP contribution in [-0.2, 0) is 14.3 Å². The first-order valence-corrected chi connectivity index (χ1v) is 6.23. The molecule has 1 aromatic rings. The number of carbonyl (C=O) groups excluding carboxylic acids is 3. The van der Waals surface area contributed by atoms with Crippen LogP contribution in [0.1, 0.15) is 31.1 Å². The van der Waals surface area contributed by atoms with E-state index in [1.807, 2.05) is 0 Å². The van der Waals surface area contributed by atoms with E-state index >= 15 is 0 Å². The van der Waals surface area contributed by atoms with Crippen molar-refractivity contribution in [3.05, 3.63) is 29.8 Å². The first-order valence-electron chi connectivity index (χ1n) is 6.23. The van der Waals surface area contributed by atoms with Crippen LogP contribution in [0.4, 0.5) is 10.5 Å². The summed E-state index contributed by atoms with van der Waals surface area (Å²) in [6, 6.07) is 5.95. The van der Waals surface area contributed by atoms with Gasteiger partial charge in [-0.05, 0) is 45.0 Å². The van der Waals surface area contributed by atoms with Gasteiger partial charge in [0.2, 0.25) is 0 Å². The lowest BCUT2D eigenvalue weighted by molar-refractivity contribution is -0.121. The van der Waals surface area contributed by atoms with Crippen LogP contribution in [-0.4, -0.2) is 30.2 Å². The number of rotatable bonds is 4. The molecule has 0 aliphatic carbocycles. The maximum Gasteiger partial charge on any atom is 0.412 e. The van der Waals surface area contributed by atoms with Crippen LogP contribution in [0.25, 0.3) is 0 Å². The van der Waals surface area contributed by atoms with E-state index in [2.05, 4.69) is 10.1 Å². The van der Waals surface area contributed by atoms with Gasteiger partial charge in [0.1, 0.15) is 5.60 Å². The molecule has 0 heterocycles. The van der Waals surface area contributed by atoms with Gasteiger partial charge in [-0.2, -0.15) is 0 Å². The summed E-state index contributed by atoms with van der Waals surface area (Å²) in [5.41, 5.74) is 4.99. The third-order valence-electron chi connectivity index (χ3n) is 2.11. The molecule has 2 amide bonds. The van der Waals surface area contributed by atoms with E-state index in [4.69, 9.17) is 10.5 Å². The van der Waals surface area contributed by atoms with Gasteiger partial charge in [-0.25, -0.2) is 9.59 Å². The first-order chi connectivity index (χ1) is 9.67. The van der Waals surface area contributed by atoms with E-state index < -0.39 is 30.2 Å². The molecule has 21 heavy (non-hydrogen) atoms. The largest absolute Gasteiger partial charge is 0.452 e. The number of esters is 1. The van der Waals surface area contributed by atoms with Crippen molar-refractivity contribution in [2.24, 2.45) is 5.73 Å². The smallest absolute Gasteiger partial charge is 0.412 e. The van der Waals surface area contributed by atoms with Crippen LogP contribution in [0.2, 0.25) is 0 Å². The summed E-state index contributed by atoms with van der Waals surface area (Å²) in [6.07, 6.45) is -0.591. The predicted octanol–water partition coefficient (Wildman–Crippen LogP) is 1.68. The topological polar surface area (TPSA) is 108 Å². The molecule has 114 valence electrons. The van der Waals surface area contributed by atoms with Gasteiger partial charge in [-0.3, -0.25) is 10.1 Å². The molecule has 0 unspecified atom stereocenters. The lowest BCUT2D eigenvalue weighted by atomic mass is 10.2. The molecule has 1 aromatic carbocycles. The molecular formula is C14H18N2O5. The second kappa shape index (κ2) is 6.74. The average molecular weight is 294 g/mol. The monoisotopic (exact) mass is 294 g/mol. The Labute approximate surface area is 122 Å². The Kier molecular flexibility index (Phi) is 5.29. The standard InChI is InChI=1S/C14H18N2O5/c1-14(2,3)21-13(19)16-10-6-4-9(5-7-10)12(18)20-8-11(15)17/h4-7H,8H2,1-3H3,(H2,15,17)(H,16,19). The number of hydrogen-bond acceptors (Lipinski definition) is 5. The molecule has 3 N–H and O–H groups in total. The maximum atomic E-state index is 11.5. The zero-order valence-electron chi connectivity index (χ0n) is 12.1. The Bertz CT molecular complexity index is 531. The highest BCUT2D eigenvalue weighted by atomic mass is 16.6. The highest BCUT2D eigenvalue weighted by molar-refractivity contribution is 5.92. The number of nitrogens with two attached hydrogens (primary N) is 1. The first kappa shape index (κ1) is 16.5. The summed E-state index contributed by atoms with van der Waals surface area (Å²) in [5, 5.41) is 2.53. The SMILES string of the molecule is CC(C)(C)OC(=O)Nc1ccc(C(=O)OCC(N)=O)cc1. The van der Waals surface area contributed by atoms with E-state index in [1.54, 1.807) is 20.8 Å². The number of anilines is 1. The van der Waals surface area contributed by atoms with Gasteiger partial charge in [-0.15, -0.1) is 0 Å². The van der Waals surface area contributed by atoms with Gasteiger partial charge in [0.15, 0.2) is 6.61 Å². The minimum atomic E-state index is -0.730. The lowest BCUT2D eigenvalue weighted by Gasteiger charge is -2.19. The second-order valence-corrected chi connectivity index (χ2v) is 5.25. The van der Waals surface area contributed by atoms with Gasteiger partial charge in [-0.1, -0.05) is 0 Å². The van der Waals surface area contributed by atoms with Crippen molar-refractivity contribution in [1.82, 2.24) is 0 Å². The minimum absolute atomic E-state index is 0.242. The van der Waals surface area contributed by atoms with Gasteiger partial charge >= 0.3 is 12.1 Å². The molecular weight excluding hydrogens is 276 g/mol. The summed E-state index contributed by atoms with van der Waals surface area (Å²) in [7, 11) is 0. The fraction of sp³-hybridized carbons (Fsp3) is 0.357. The number of carbonyl (C=O) groups is 3. The average Bonchev–Trinajstić information content (AvgIpc) is 2.34. The van der Waals surface area contributed by atoms with Gasteiger partial charge in [0.25, 0.3) is 5.91 Å². The zero-order valence-corrected chi connectivity index (χ0v) is 12.1. The molecule has 0 radical (unpaired) electrons. The summed E-state index contributed by atoms with van der Waals surface area (Å²) in [6.45, 7) is 4.79. The van der Waals surface area contributed by atoms with Crippen molar-refractivity contribution in [1.29, 1.82) is 0 Å². The molecule has 1 rings (SSSR count). The van der Waals surface area contributed by atoms with Crippen LogP contribution in [0.5, 0.6) is 0 Å². The third-order valence-corrected chi connectivity index (χ3v) is 2.11. The van der Waals surface area contributed by atoms with E-state index in [0.717, 1.165) is 0 Å². The lowest BCUT2D eigenvalue weighted by Crippen LogP contribution is -2.27. The van der Waals surface area contributed by atoms with Gasteiger partial charge < -0.3 is 15.2 Å². The number of ether oxygens (including phenoxy) is 2. The number of benzene rings is 1. The van der Waals surface area contributed by atoms with Crippen LogP contribution < -0.4 is 11.1 Å². The number of primary amides is 1. The van der Waals surface area contributed by atoms with Crippen molar-refractivity contribution < 1.29 is 23.9 Å². The molecule has 0 aliphatic rings. The Morgan fingerprint density at radius 3 is 2.19 bits per heavy atom. The highest BCUT2D eigenvalue weighted by Gasteiger charge is 2.16. The van der Waals surface area contributed by atoms with Crippen molar-refractivity contribution in [3.63, 3.8) is 0 Å². The second-order valence-electron chi connectivity index (χ2n) is 5.25. The molecule has 0 fully saturated rings.